The van der Waals surface area contributed by atoms with Gasteiger partial charge in [0.25, 0.3) is 0 Å². The standard InChI is InChI=1S/C16H30N2O3/c1-14(18-8-10-21-11-9-18)4-5-15(20)17-12-16(13-19)6-2-3-7-16/h14,19H,2-13H2,1H3,(H,17,20)/t14-/m0/s1. The van der Waals surface area contributed by atoms with Crippen molar-refractivity contribution >= 4 is 5.91 Å². The highest BCUT2D eigenvalue weighted by Crippen LogP contribution is 2.36. The smallest absolute Gasteiger partial charge is 0.220 e. The predicted molar refractivity (Wildman–Crippen MR) is 82.1 cm³/mol. The molecule has 0 unspecified atom stereocenters. The van der Waals surface area contributed by atoms with Gasteiger partial charge in [-0.3, -0.25) is 9.69 Å². The van der Waals surface area contributed by atoms with Crippen LogP contribution in [0, 0.1) is 5.41 Å². The van der Waals surface area contributed by atoms with Crippen LogP contribution >= 0.6 is 0 Å². The molecule has 0 aromatic rings. The van der Waals surface area contributed by atoms with Crippen LogP contribution in [0.2, 0.25) is 0 Å². The first-order chi connectivity index (χ1) is 10.2. The third kappa shape index (κ3) is 4.94. The summed E-state index contributed by atoms with van der Waals surface area (Å²) in [6.07, 6.45) is 5.87. The number of aliphatic hydroxyl groups excluding tert-OH is 1. The van der Waals surface area contributed by atoms with Crippen LogP contribution in [0.25, 0.3) is 0 Å². The Balaban J connectivity index is 1.64. The Bertz CT molecular complexity index is 323. The van der Waals surface area contributed by atoms with E-state index in [-0.39, 0.29) is 17.9 Å². The number of aliphatic hydroxyl groups is 1. The third-order valence-corrected chi connectivity index (χ3v) is 5.12. The van der Waals surface area contributed by atoms with E-state index in [9.17, 15) is 9.90 Å². The first-order valence-corrected chi connectivity index (χ1v) is 8.35. The molecule has 0 radical (unpaired) electrons. The topological polar surface area (TPSA) is 61.8 Å². The molecule has 2 rings (SSSR count). The summed E-state index contributed by atoms with van der Waals surface area (Å²) in [6.45, 7) is 6.55. The normalized spacial score (nSPS) is 23.9. The number of nitrogens with zero attached hydrogens (tertiary/aromatic N) is 1. The fourth-order valence-corrected chi connectivity index (χ4v) is 3.43. The lowest BCUT2D eigenvalue weighted by Gasteiger charge is -2.32. The zero-order chi connectivity index (χ0) is 15.1. The van der Waals surface area contributed by atoms with Gasteiger partial charge < -0.3 is 15.2 Å². The summed E-state index contributed by atoms with van der Waals surface area (Å²) in [6, 6.07) is 0.429. The van der Waals surface area contributed by atoms with Crippen molar-refractivity contribution in [3.8, 4) is 0 Å². The summed E-state index contributed by atoms with van der Waals surface area (Å²) < 4.78 is 5.35. The molecule has 0 aromatic heterocycles. The van der Waals surface area contributed by atoms with Crippen molar-refractivity contribution in [3.63, 3.8) is 0 Å². The predicted octanol–water partition coefficient (Wildman–Crippen LogP) is 1.16. The van der Waals surface area contributed by atoms with Gasteiger partial charge in [-0.25, -0.2) is 0 Å². The van der Waals surface area contributed by atoms with Crippen LogP contribution in [-0.4, -0.2) is 61.4 Å². The quantitative estimate of drug-likeness (QED) is 0.740. The van der Waals surface area contributed by atoms with Gasteiger partial charge in [-0.2, -0.15) is 0 Å². The first kappa shape index (κ1) is 16.7. The Morgan fingerprint density at radius 3 is 2.62 bits per heavy atom. The van der Waals surface area contributed by atoms with E-state index in [0.717, 1.165) is 45.6 Å². The molecule has 0 aromatic carbocycles. The maximum Gasteiger partial charge on any atom is 0.220 e. The summed E-state index contributed by atoms with van der Waals surface area (Å²) in [5.41, 5.74) is -0.0501. The van der Waals surface area contributed by atoms with Crippen molar-refractivity contribution in [1.29, 1.82) is 0 Å². The Labute approximate surface area is 128 Å². The number of amides is 1. The lowest BCUT2D eigenvalue weighted by molar-refractivity contribution is -0.122. The molecule has 1 atom stereocenters. The fourth-order valence-electron chi connectivity index (χ4n) is 3.43. The number of rotatable bonds is 7. The summed E-state index contributed by atoms with van der Waals surface area (Å²) in [5, 5.41) is 12.6. The minimum absolute atomic E-state index is 0.0501. The molecular weight excluding hydrogens is 268 g/mol. The van der Waals surface area contributed by atoms with Crippen LogP contribution < -0.4 is 5.32 Å². The van der Waals surface area contributed by atoms with Crippen molar-refractivity contribution in [1.82, 2.24) is 10.2 Å². The summed E-state index contributed by atoms with van der Waals surface area (Å²) in [4.78, 5) is 14.4. The van der Waals surface area contributed by atoms with E-state index in [1.807, 2.05) is 0 Å². The van der Waals surface area contributed by atoms with Gasteiger partial charge in [-0.05, 0) is 26.2 Å². The van der Waals surface area contributed by atoms with Crippen LogP contribution in [0.15, 0.2) is 0 Å². The van der Waals surface area contributed by atoms with Crippen LogP contribution in [0.1, 0.15) is 45.4 Å². The van der Waals surface area contributed by atoms with E-state index >= 15 is 0 Å². The lowest BCUT2D eigenvalue weighted by atomic mass is 9.87. The number of ether oxygens (including phenoxy) is 1. The summed E-state index contributed by atoms with van der Waals surface area (Å²) in [5.74, 6) is 0.120. The van der Waals surface area contributed by atoms with Gasteiger partial charge in [0.1, 0.15) is 0 Å². The van der Waals surface area contributed by atoms with Crippen LogP contribution in [0.5, 0.6) is 0 Å². The maximum atomic E-state index is 12.0. The van der Waals surface area contributed by atoms with Gasteiger partial charge in [-0.15, -0.1) is 0 Å². The number of hydrogen-bond donors (Lipinski definition) is 2. The van der Waals surface area contributed by atoms with E-state index in [2.05, 4.69) is 17.1 Å². The van der Waals surface area contributed by atoms with Gasteiger partial charge in [0, 0.05) is 37.5 Å². The largest absolute Gasteiger partial charge is 0.396 e. The molecule has 21 heavy (non-hydrogen) atoms. The van der Waals surface area contributed by atoms with Crippen molar-refractivity contribution in [2.45, 2.75) is 51.5 Å². The molecule has 2 N–H and O–H groups in total. The highest BCUT2D eigenvalue weighted by atomic mass is 16.5. The number of nitrogens with one attached hydrogen (secondary N) is 1. The van der Waals surface area contributed by atoms with Gasteiger partial charge in [0.2, 0.25) is 5.91 Å². The van der Waals surface area contributed by atoms with E-state index in [0.29, 0.717) is 19.0 Å². The molecule has 5 heteroatoms. The lowest BCUT2D eigenvalue weighted by Crippen LogP contribution is -2.43. The highest BCUT2D eigenvalue weighted by Gasteiger charge is 2.33. The monoisotopic (exact) mass is 298 g/mol. The van der Waals surface area contributed by atoms with Gasteiger partial charge >= 0.3 is 0 Å². The van der Waals surface area contributed by atoms with Gasteiger partial charge in [0.15, 0.2) is 0 Å². The molecule has 1 aliphatic heterocycles. The average Bonchev–Trinajstić information content (AvgIpc) is 3.01. The second kappa shape index (κ2) is 8.11. The number of morpholine rings is 1. The highest BCUT2D eigenvalue weighted by molar-refractivity contribution is 5.75. The summed E-state index contributed by atoms with van der Waals surface area (Å²) in [7, 11) is 0. The SMILES string of the molecule is C[C@@H](CCC(=O)NCC1(CO)CCCC1)N1CCOCC1. The van der Waals surface area contributed by atoms with Crippen LogP contribution in [-0.2, 0) is 9.53 Å². The molecule has 2 aliphatic rings. The molecule has 1 saturated heterocycles. The second-order valence-corrected chi connectivity index (χ2v) is 6.68. The third-order valence-electron chi connectivity index (χ3n) is 5.12. The van der Waals surface area contributed by atoms with E-state index in [1.54, 1.807) is 0 Å². The fraction of sp³-hybridized carbons (Fsp3) is 0.938. The molecule has 0 spiro atoms. The molecule has 122 valence electrons. The first-order valence-electron chi connectivity index (χ1n) is 8.35. The molecule has 2 fully saturated rings. The molecule has 5 nitrogen and oxygen atoms in total. The Morgan fingerprint density at radius 2 is 2.00 bits per heavy atom. The molecular formula is C16H30N2O3. The zero-order valence-electron chi connectivity index (χ0n) is 13.3. The minimum Gasteiger partial charge on any atom is -0.396 e. The number of carbonyl (C=O) groups is 1. The average molecular weight is 298 g/mol. The van der Waals surface area contributed by atoms with Gasteiger partial charge in [-0.1, -0.05) is 12.8 Å². The maximum absolute atomic E-state index is 12.0. The van der Waals surface area contributed by atoms with Crippen LogP contribution in [0.3, 0.4) is 0 Å². The van der Waals surface area contributed by atoms with Crippen molar-refractivity contribution < 1.29 is 14.6 Å². The second-order valence-electron chi connectivity index (χ2n) is 6.68. The Morgan fingerprint density at radius 1 is 1.33 bits per heavy atom. The molecule has 1 heterocycles. The van der Waals surface area contributed by atoms with Crippen LogP contribution in [0.4, 0.5) is 0 Å². The summed E-state index contributed by atoms with van der Waals surface area (Å²) >= 11 is 0. The molecule has 1 amide bonds. The zero-order valence-corrected chi connectivity index (χ0v) is 13.3. The van der Waals surface area contributed by atoms with Crippen molar-refractivity contribution in [3.05, 3.63) is 0 Å². The van der Waals surface area contributed by atoms with E-state index < -0.39 is 0 Å². The van der Waals surface area contributed by atoms with E-state index in [1.165, 1.54) is 12.8 Å². The van der Waals surface area contributed by atoms with Crippen molar-refractivity contribution in [2.24, 2.45) is 5.41 Å². The number of carbonyl (C=O) groups excluding carboxylic acids is 1. The van der Waals surface area contributed by atoms with E-state index in [4.69, 9.17) is 4.74 Å². The molecule has 0 bridgehead atoms. The molecule has 1 saturated carbocycles. The number of hydrogen-bond acceptors (Lipinski definition) is 4. The Hall–Kier alpha value is -0.650. The minimum atomic E-state index is -0.0501. The Kier molecular flexibility index (Phi) is 6.45. The van der Waals surface area contributed by atoms with Gasteiger partial charge in [0.05, 0.1) is 19.8 Å². The molecule has 1 aliphatic carbocycles. The van der Waals surface area contributed by atoms with Crippen molar-refractivity contribution in [2.75, 3.05) is 39.5 Å².